The van der Waals surface area contributed by atoms with Crippen molar-refractivity contribution in [2.45, 2.75) is 54.1 Å². The van der Waals surface area contributed by atoms with Crippen molar-refractivity contribution in [3.63, 3.8) is 0 Å². The summed E-state index contributed by atoms with van der Waals surface area (Å²) >= 11 is 0. The summed E-state index contributed by atoms with van der Waals surface area (Å²) in [6, 6.07) is 10.0. The summed E-state index contributed by atoms with van der Waals surface area (Å²) in [4.78, 5) is 43.8. The lowest BCUT2D eigenvalue weighted by molar-refractivity contribution is -0.127. The molecule has 0 saturated heterocycles. The Labute approximate surface area is 185 Å². The minimum absolute atomic E-state index is 0.0223. The number of carbonyl (C=O) groups is 1. The zero-order valence-corrected chi connectivity index (χ0v) is 19.6. The van der Waals surface area contributed by atoms with Crippen LogP contribution in [0.25, 0.3) is 16.9 Å². The van der Waals surface area contributed by atoms with E-state index in [1.807, 2.05) is 36.4 Å². The average Bonchev–Trinajstić information content (AvgIpc) is 3.24. The number of nitrogens with zero attached hydrogens (tertiary/aromatic N) is 5. The lowest BCUT2D eigenvalue weighted by Gasteiger charge is -2.17. The largest absolute Gasteiger partial charge is 0.332 e. The van der Waals surface area contributed by atoms with Crippen molar-refractivity contribution in [3.8, 4) is 0 Å². The van der Waals surface area contributed by atoms with Crippen LogP contribution in [0.2, 0.25) is 0 Å². The SMILES string of the molecule is Cc1c(C)n2c3c(=O)n(CC(=O)C(C)(C)C)c(=O)n(C)c3nc2n1[C@@H](C)c1ccccc1. The minimum atomic E-state index is -0.660. The van der Waals surface area contributed by atoms with Crippen LogP contribution in [-0.4, -0.2) is 28.9 Å². The summed E-state index contributed by atoms with van der Waals surface area (Å²) in [5, 5.41) is 0. The van der Waals surface area contributed by atoms with Crippen molar-refractivity contribution in [2.24, 2.45) is 12.5 Å². The Bertz CT molecular complexity index is 1480. The predicted octanol–water partition coefficient (Wildman–Crippen LogP) is 2.99. The fourth-order valence-corrected chi connectivity index (χ4v) is 4.14. The van der Waals surface area contributed by atoms with E-state index < -0.39 is 16.7 Å². The second kappa shape index (κ2) is 7.32. The number of hydrogen-bond acceptors (Lipinski definition) is 4. The summed E-state index contributed by atoms with van der Waals surface area (Å²) in [5.74, 6) is 0.415. The van der Waals surface area contributed by atoms with Crippen LogP contribution in [0.5, 0.6) is 0 Å². The van der Waals surface area contributed by atoms with Crippen LogP contribution >= 0.6 is 0 Å². The van der Waals surface area contributed by atoms with Gasteiger partial charge in [0.25, 0.3) is 5.56 Å². The molecule has 0 aliphatic heterocycles. The molecule has 0 saturated carbocycles. The first-order valence-electron chi connectivity index (χ1n) is 10.7. The van der Waals surface area contributed by atoms with E-state index in [4.69, 9.17) is 4.98 Å². The van der Waals surface area contributed by atoms with E-state index in [9.17, 15) is 14.4 Å². The minimum Gasteiger partial charge on any atom is -0.307 e. The molecular formula is C24H29N5O3. The standard InChI is InChI=1S/C24H29N5O3/c1-14-15(2)29-19-20(25-22(29)28(14)16(3)17-11-9-8-10-12-17)26(7)23(32)27(21(19)31)13-18(30)24(4,5)6/h8-12,16H,13H2,1-7H3/t16-/m0/s1. The predicted molar refractivity (Wildman–Crippen MR) is 124 cm³/mol. The number of carbonyl (C=O) groups excluding carboxylic acids is 1. The number of fused-ring (bicyclic) bond motifs is 3. The summed E-state index contributed by atoms with van der Waals surface area (Å²) in [6.45, 7) is 11.1. The van der Waals surface area contributed by atoms with E-state index in [-0.39, 0.29) is 18.4 Å². The highest BCUT2D eigenvalue weighted by Gasteiger charge is 2.27. The number of hydrogen-bond donors (Lipinski definition) is 0. The van der Waals surface area contributed by atoms with Crippen LogP contribution in [0.3, 0.4) is 0 Å². The molecule has 32 heavy (non-hydrogen) atoms. The van der Waals surface area contributed by atoms with Gasteiger partial charge in [-0.05, 0) is 26.3 Å². The van der Waals surface area contributed by atoms with Crippen molar-refractivity contribution in [1.82, 2.24) is 23.1 Å². The average molecular weight is 436 g/mol. The molecule has 4 rings (SSSR count). The molecule has 0 bridgehead atoms. The Morgan fingerprint density at radius 3 is 2.28 bits per heavy atom. The van der Waals surface area contributed by atoms with Crippen LogP contribution in [0, 0.1) is 19.3 Å². The highest BCUT2D eigenvalue weighted by molar-refractivity contribution is 5.84. The van der Waals surface area contributed by atoms with Gasteiger partial charge >= 0.3 is 5.69 Å². The van der Waals surface area contributed by atoms with Gasteiger partial charge in [-0.1, -0.05) is 51.1 Å². The monoisotopic (exact) mass is 435 g/mol. The molecule has 0 radical (unpaired) electrons. The lowest BCUT2D eigenvalue weighted by atomic mass is 9.91. The molecule has 0 spiro atoms. The van der Waals surface area contributed by atoms with Crippen LogP contribution in [0.4, 0.5) is 0 Å². The van der Waals surface area contributed by atoms with Gasteiger partial charge in [0.2, 0.25) is 5.78 Å². The summed E-state index contributed by atoms with van der Waals surface area (Å²) in [5.41, 5.74) is 1.88. The molecular weight excluding hydrogens is 406 g/mol. The van der Waals surface area contributed by atoms with Crippen LogP contribution in [0.1, 0.15) is 50.7 Å². The summed E-state index contributed by atoms with van der Waals surface area (Å²) in [6.07, 6.45) is 0. The van der Waals surface area contributed by atoms with Gasteiger partial charge in [-0.2, -0.15) is 4.98 Å². The molecule has 3 heterocycles. The Hall–Kier alpha value is -3.42. The van der Waals surface area contributed by atoms with Gasteiger partial charge in [-0.25, -0.2) is 4.79 Å². The lowest BCUT2D eigenvalue weighted by Crippen LogP contribution is -2.43. The van der Waals surface area contributed by atoms with Crippen LogP contribution in [0.15, 0.2) is 39.9 Å². The van der Waals surface area contributed by atoms with Crippen LogP contribution in [-0.2, 0) is 18.4 Å². The van der Waals surface area contributed by atoms with E-state index in [0.29, 0.717) is 16.9 Å². The van der Waals surface area contributed by atoms with Gasteiger partial charge in [0.15, 0.2) is 16.9 Å². The van der Waals surface area contributed by atoms with Gasteiger partial charge in [0, 0.05) is 23.9 Å². The summed E-state index contributed by atoms with van der Waals surface area (Å²) in [7, 11) is 1.59. The molecule has 168 valence electrons. The van der Waals surface area contributed by atoms with Gasteiger partial charge in [0.1, 0.15) is 0 Å². The quantitative estimate of drug-likeness (QED) is 0.493. The molecule has 1 aromatic carbocycles. The Morgan fingerprint density at radius 1 is 1.06 bits per heavy atom. The molecule has 0 aliphatic carbocycles. The van der Waals surface area contributed by atoms with Crippen molar-refractivity contribution in [2.75, 3.05) is 0 Å². The van der Waals surface area contributed by atoms with Crippen molar-refractivity contribution >= 4 is 22.7 Å². The maximum absolute atomic E-state index is 13.5. The summed E-state index contributed by atoms with van der Waals surface area (Å²) < 4.78 is 6.27. The van der Waals surface area contributed by atoms with Gasteiger partial charge in [-0.3, -0.25) is 23.1 Å². The molecule has 3 aromatic heterocycles. The molecule has 0 fully saturated rings. The zero-order chi connectivity index (χ0) is 23.5. The third-order valence-corrected chi connectivity index (χ3v) is 6.37. The van der Waals surface area contributed by atoms with Crippen LogP contribution < -0.4 is 11.2 Å². The first-order chi connectivity index (χ1) is 14.9. The Morgan fingerprint density at radius 2 is 1.69 bits per heavy atom. The third kappa shape index (κ3) is 3.13. The van der Waals surface area contributed by atoms with E-state index in [0.717, 1.165) is 21.5 Å². The zero-order valence-electron chi connectivity index (χ0n) is 19.6. The molecule has 0 N–H and O–H groups in total. The Balaban J connectivity index is 2.04. The van der Waals surface area contributed by atoms with Gasteiger partial charge in [0.05, 0.1) is 12.6 Å². The first kappa shape index (κ1) is 21.8. The second-order valence-corrected chi connectivity index (χ2v) is 9.45. The molecule has 0 amide bonds. The number of ketones is 1. The molecule has 4 aromatic rings. The van der Waals surface area contributed by atoms with Crippen molar-refractivity contribution in [3.05, 3.63) is 68.1 Å². The van der Waals surface area contributed by atoms with Gasteiger partial charge < -0.3 is 4.57 Å². The van der Waals surface area contributed by atoms with E-state index in [2.05, 4.69) is 23.6 Å². The molecule has 8 heteroatoms. The highest BCUT2D eigenvalue weighted by atomic mass is 16.2. The number of benzene rings is 1. The van der Waals surface area contributed by atoms with E-state index in [1.54, 1.807) is 27.8 Å². The number of imidazole rings is 2. The maximum atomic E-state index is 13.5. The number of aryl methyl sites for hydroxylation is 2. The topological polar surface area (TPSA) is 83.3 Å². The number of Topliss-reactive ketones (excluding diaryl/α,β-unsaturated/α-hetero) is 1. The maximum Gasteiger partial charge on any atom is 0.332 e. The number of aromatic nitrogens is 5. The highest BCUT2D eigenvalue weighted by Crippen LogP contribution is 2.28. The van der Waals surface area contributed by atoms with Crippen molar-refractivity contribution < 1.29 is 4.79 Å². The third-order valence-electron chi connectivity index (χ3n) is 6.37. The van der Waals surface area contributed by atoms with E-state index in [1.165, 1.54) is 4.57 Å². The molecule has 8 nitrogen and oxygen atoms in total. The molecule has 0 unspecified atom stereocenters. The fraction of sp³-hybridized carbons (Fsp3) is 0.417. The van der Waals surface area contributed by atoms with E-state index >= 15 is 0 Å². The Kier molecular flexibility index (Phi) is 4.99. The fourth-order valence-electron chi connectivity index (χ4n) is 4.14. The van der Waals surface area contributed by atoms with Gasteiger partial charge in [-0.15, -0.1) is 0 Å². The normalized spacial score (nSPS) is 13.2. The molecule has 0 aliphatic rings. The molecule has 1 atom stereocenters. The number of rotatable bonds is 4. The smallest absolute Gasteiger partial charge is 0.307 e. The first-order valence-corrected chi connectivity index (χ1v) is 10.7. The second-order valence-electron chi connectivity index (χ2n) is 9.45. The van der Waals surface area contributed by atoms with Crippen molar-refractivity contribution in [1.29, 1.82) is 0 Å².